The predicted octanol–water partition coefficient (Wildman–Crippen LogP) is 6.82. The molecule has 33 heavy (non-hydrogen) atoms. The van der Waals surface area contributed by atoms with E-state index in [4.69, 9.17) is 20.0 Å². The molecule has 170 valence electrons. The van der Waals surface area contributed by atoms with Crippen LogP contribution in [0.4, 0.5) is 0 Å². The van der Waals surface area contributed by atoms with Crippen LogP contribution >= 0.6 is 0 Å². The summed E-state index contributed by atoms with van der Waals surface area (Å²) < 4.78 is 10.6. The van der Waals surface area contributed by atoms with Crippen molar-refractivity contribution in [1.29, 1.82) is 10.5 Å². The van der Waals surface area contributed by atoms with Crippen molar-refractivity contribution >= 4 is 0 Å². The number of benzene rings is 2. The lowest BCUT2D eigenvalue weighted by Crippen LogP contribution is -2.59. The van der Waals surface area contributed by atoms with Gasteiger partial charge in [0.1, 0.15) is 11.5 Å². The molecule has 4 heteroatoms. The number of rotatable bonds is 4. The minimum Gasteiger partial charge on any atom is -0.387 e. The molecule has 4 bridgehead atoms. The monoisotopic (exact) mass is 440 g/mol. The normalized spacial score (nSPS) is 31.7. The molecular weight excluding hydrogens is 408 g/mol. The lowest BCUT2D eigenvalue weighted by atomic mass is 9.38. The average Bonchev–Trinajstić information content (AvgIpc) is 2.71. The smallest absolute Gasteiger partial charge is 0.292 e. The number of aryl methyl sites for hydroxylation is 4. The zero-order valence-corrected chi connectivity index (χ0v) is 20.3. The van der Waals surface area contributed by atoms with E-state index in [1.165, 1.54) is 43.2 Å². The van der Waals surface area contributed by atoms with Gasteiger partial charge in [0.05, 0.1) is 0 Å². The van der Waals surface area contributed by atoms with Gasteiger partial charge >= 0.3 is 0 Å². The van der Waals surface area contributed by atoms with Crippen molar-refractivity contribution < 1.29 is 9.47 Å². The number of hydrogen-bond donors (Lipinski definition) is 0. The summed E-state index contributed by atoms with van der Waals surface area (Å²) in [5.41, 5.74) is 7.65. The Bertz CT molecular complexity index is 1100. The summed E-state index contributed by atoms with van der Waals surface area (Å²) in [6, 6.07) is 9.13. The van der Waals surface area contributed by atoms with Crippen molar-refractivity contribution in [3.63, 3.8) is 0 Å². The van der Waals surface area contributed by atoms with E-state index in [2.05, 4.69) is 58.9 Å². The summed E-state index contributed by atoms with van der Waals surface area (Å²) in [6.07, 6.45) is 11.1. The van der Waals surface area contributed by atoms with Crippen molar-refractivity contribution in [2.75, 3.05) is 0 Å². The van der Waals surface area contributed by atoms with Gasteiger partial charge in [0.15, 0.2) is 0 Å². The topological polar surface area (TPSA) is 66.0 Å². The third kappa shape index (κ3) is 3.31. The van der Waals surface area contributed by atoms with Crippen molar-refractivity contribution in [2.24, 2.45) is 11.3 Å². The van der Waals surface area contributed by atoms with Crippen LogP contribution in [-0.2, 0) is 10.8 Å². The second-order valence-corrected chi connectivity index (χ2v) is 11.6. The van der Waals surface area contributed by atoms with Crippen LogP contribution in [-0.4, -0.2) is 0 Å². The van der Waals surface area contributed by atoms with E-state index in [1.54, 1.807) is 0 Å². The molecule has 2 unspecified atom stereocenters. The maximum Gasteiger partial charge on any atom is 0.292 e. The van der Waals surface area contributed by atoms with Gasteiger partial charge in [-0.05, 0) is 122 Å². The Kier molecular flexibility index (Phi) is 4.81. The van der Waals surface area contributed by atoms with E-state index >= 15 is 0 Å². The highest BCUT2D eigenvalue weighted by molar-refractivity contribution is 5.50. The first-order valence-electron chi connectivity index (χ1n) is 12.0. The molecule has 0 amide bonds. The third-order valence-corrected chi connectivity index (χ3v) is 8.79. The van der Waals surface area contributed by atoms with Gasteiger partial charge in [0.2, 0.25) is 0 Å². The van der Waals surface area contributed by atoms with Crippen molar-refractivity contribution in [1.82, 2.24) is 0 Å². The summed E-state index contributed by atoms with van der Waals surface area (Å²) in [6.45, 7) is 10.7. The Morgan fingerprint density at radius 1 is 0.697 bits per heavy atom. The second-order valence-electron chi connectivity index (χ2n) is 11.6. The average molecular weight is 441 g/mol. The van der Waals surface area contributed by atoms with Crippen LogP contribution in [0, 0.1) is 62.1 Å². The minimum absolute atomic E-state index is 0.151. The fourth-order valence-electron chi connectivity index (χ4n) is 8.49. The van der Waals surface area contributed by atoms with Gasteiger partial charge in [-0.15, -0.1) is 10.5 Å². The summed E-state index contributed by atoms with van der Waals surface area (Å²) in [7, 11) is 0. The number of ether oxygens (including phenoxy) is 2. The fraction of sp³-hybridized carbons (Fsp3) is 0.517. The maximum absolute atomic E-state index is 9.06. The van der Waals surface area contributed by atoms with Crippen molar-refractivity contribution in [2.45, 2.75) is 84.0 Å². The molecular formula is C29H32N2O2. The van der Waals surface area contributed by atoms with Crippen molar-refractivity contribution in [3.8, 4) is 24.0 Å². The van der Waals surface area contributed by atoms with Gasteiger partial charge in [-0.2, -0.15) is 0 Å². The van der Waals surface area contributed by atoms with E-state index in [0.717, 1.165) is 34.6 Å². The van der Waals surface area contributed by atoms with Crippen LogP contribution in [0.15, 0.2) is 24.3 Å². The highest BCUT2D eigenvalue weighted by Crippen LogP contribution is 2.70. The molecule has 0 aliphatic heterocycles. The Morgan fingerprint density at radius 3 is 1.42 bits per heavy atom. The third-order valence-electron chi connectivity index (χ3n) is 8.79. The molecule has 0 radical (unpaired) electrons. The molecule has 0 spiro atoms. The molecule has 6 rings (SSSR count). The van der Waals surface area contributed by atoms with E-state index in [0.29, 0.717) is 16.9 Å². The lowest BCUT2D eigenvalue weighted by Gasteiger charge is -2.66. The van der Waals surface area contributed by atoms with E-state index in [9.17, 15) is 0 Å². The van der Waals surface area contributed by atoms with Crippen LogP contribution in [0.5, 0.6) is 11.5 Å². The summed E-state index contributed by atoms with van der Waals surface area (Å²) in [5, 5.41) is 18.1. The van der Waals surface area contributed by atoms with Gasteiger partial charge in [-0.1, -0.05) is 31.2 Å². The first-order valence-corrected chi connectivity index (χ1v) is 12.0. The first kappa shape index (κ1) is 21.8. The minimum atomic E-state index is 0.151. The zero-order chi connectivity index (χ0) is 23.6. The molecule has 2 atom stereocenters. The van der Waals surface area contributed by atoms with Gasteiger partial charge in [0, 0.05) is 0 Å². The summed E-state index contributed by atoms with van der Waals surface area (Å²) in [4.78, 5) is 0. The van der Waals surface area contributed by atoms with Crippen molar-refractivity contribution in [3.05, 3.63) is 57.6 Å². The van der Waals surface area contributed by atoms with Crippen LogP contribution in [0.2, 0.25) is 0 Å². The highest BCUT2D eigenvalue weighted by atomic mass is 16.5. The molecule has 0 saturated heterocycles. The van der Waals surface area contributed by atoms with Gasteiger partial charge in [-0.3, -0.25) is 0 Å². The Labute approximate surface area is 197 Å². The van der Waals surface area contributed by atoms with Gasteiger partial charge in [-0.25, -0.2) is 0 Å². The second kappa shape index (κ2) is 7.26. The van der Waals surface area contributed by atoms with Crippen LogP contribution in [0.3, 0.4) is 0 Å². The molecule has 2 aromatic rings. The maximum atomic E-state index is 9.06. The summed E-state index contributed by atoms with van der Waals surface area (Å²) in [5.74, 6) is 2.12. The van der Waals surface area contributed by atoms with Gasteiger partial charge < -0.3 is 9.47 Å². The molecule has 4 aliphatic rings. The predicted molar refractivity (Wildman–Crippen MR) is 127 cm³/mol. The van der Waals surface area contributed by atoms with Crippen LogP contribution < -0.4 is 9.47 Å². The Hall–Kier alpha value is -2.98. The lowest BCUT2D eigenvalue weighted by molar-refractivity contribution is -0.0808. The molecule has 0 aromatic heterocycles. The molecule has 4 saturated carbocycles. The molecule has 0 heterocycles. The SMILES string of the molecule is Cc1cc(C23CC4CC(C)(C2)CC(c2cc(C)c(OC#N)c(C)c2)(C4)C3)cc(C)c1OC#N. The quantitative estimate of drug-likeness (QED) is 0.489. The zero-order valence-electron chi connectivity index (χ0n) is 20.3. The number of nitrogens with zero attached hydrogens (tertiary/aromatic N) is 2. The fourth-order valence-corrected chi connectivity index (χ4v) is 8.49. The molecule has 0 N–H and O–H groups in total. The standard InChI is InChI=1S/C29H32N2O2/c1-18-6-23(7-19(2)25(18)32-16-30)28-11-22-10-27(5,13-28)14-29(12-22,15-28)24-8-20(3)26(33-17-31)21(4)9-24/h6-9,22H,10-15H2,1-5H3. The van der Waals surface area contributed by atoms with E-state index in [1.807, 2.05) is 12.5 Å². The molecule has 2 aromatic carbocycles. The Morgan fingerprint density at radius 2 is 1.09 bits per heavy atom. The van der Waals surface area contributed by atoms with Crippen LogP contribution in [0.1, 0.15) is 78.8 Å². The van der Waals surface area contributed by atoms with E-state index in [-0.39, 0.29) is 10.8 Å². The first-order chi connectivity index (χ1) is 15.6. The number of nitriles is 2. The number of hydrogen-bond acceptors (Lipinski definition) is 4. The Balaban J connectivity index is 1.63. The molecule has 4 fully saturated rings. The van der Waals surface area contributed by atoms with Crippen LogP contribution in [0.25, 0.3) is 0 Å². The largest absolute Gasteiger partial charge is 0.387 e. The van der Waals surface area contributed by atoms with E-state index < -0.39 is 0 Å². The van der Waals surface area contributed by atoms with Gasteiger partial charge in [0.25, 0.3) is 12.5 Å². The highest BCUT2D eigenvalue weighted by Gasteiger charge is 2.62. The molecule has 4 nitrogen and oxygen atoms in total. The summed E-state index contributed by atoms with van der Waals surface area (Å²) >= 11 is 0. The molecule has 4 aliphatic carbocycles.